The standard InChI is InChI=1S/C17H20FNO5/c1-2-23-16(21)13-8-9-19(10-14(18)15(13)20)17(22)24-11-12-6-4-3-5-7-12/h3-7,13-14H,2,8-11H2,1H3. The Morgan fingerprint density at radius 1 is 1.25 bits per heavy atom. The monoisotopic (exact) mass is 337 g/mol. The highest BCUT2D eigenvalue weighted by atomic mass is 19.1. The van der Waals surface area contributed by atoms with Gasteiger partial charge in [0.1, 0.15) is 12.5 Å². The van der Waals surface area contributed by atoms with Crippen molar-refractivity contribution in [1.29, 1.82) is 0 Å². The van der Waals surface area contributed by atoms with Crippen LogP contribution >= 0.6 is 0 Å². The number of benzene rings is 1. The molecule has 0 spiro atoms. The van der Waals surface area contributed by atoms with Gasteiger partial charge in [0.25, 0.3) is 0 Å². The number of hydrogen-bond donors (Lipinski definition) is 0. The van der Waals surface area contributed by atoms with Crippen LogP contribution < -0.4 is 0 Å². The number of alkyl halides is 1. The quantitative estimate of drug-likeness (QED) is 0.621. The zero-order valence-corrected chi connectivity index (χ0v) is 13.4. The van der Waals surface area contributed by atoms with E-state index < -0.39 is 36.5 Å². The highest BCUT2D eigenvalue weighted by molar-refractivity contribution is 6.01. The van der Waals surface area contributed by atoms with Crippen molar-refractivity contribution < 1.29 is 28.2 Å². The molecule has 1 heterocycles. The number of rotatable bonds is 4. The third-order valence-corrected chi connectivity index (χ3v) is 3.75. The zero-order chi connectivity index (χ0) is 17.5. The van der Waals surface area contributed by atoms with Crippen LogP contribution in [-0.4, -0.2) is 48.6 Å². The number of amides is 1. The molecule has 1 aromatic carbocycles. The molecule has 0 bridgehead atoms. The molecule has 1 saturated heterocycles. The molecule has 0 saturated carbocycles. The third kappa shape index (κ3) is 4.53. The van der Waals surface area contributed by atoms with E-state index in [9.17, 15) is 18.8 Å². The van der Waals surface area contributed by atoms with Gasteiger partial charge in [-0.15, -0.1) is 0 Å². The van der Waals surface area contributed by atoms with Gasteiger partial charge >= 0.3 is 12.1 Å². The number of carbonyl (C=O) groups excluding carboxylic acids is 3. The van der Waals surface area contributed by atoms with E-state index in [4.69, 9.17) is 9.47 Å². The van der Waals surface area contributed by atoms with Gasteiger partial charge in [0.15, 0.2) is 12.0 Å². The summed E-state index contributed by atoms with van der Waals surface area (Å²) >= 11 is 0. The third-order valence-electron chi connectivity index (χ3n) is 3.75. The molecule has 0 aliphatic carbocycles. The second-order valence-corrected chi connectivity index (χ2v) is 5.45. The van der Waals surface area contributed by atoms with E-state index >= 15 is 0 Å². The fraction of sp³-hybridized carbons (Fsp3) is 0.471. The summed E-state index contributed by atoms with van der Waals surface area (Å²) in [5.74, 6) is -2.76. The molecule has 0 radical (unpaired) electrons. The number of esters is 1. The topological polar surface area (TPSA) is 72.9 Å². The lowest BCUT2D eigenvalue weighted by molar-refractivity contribution is -0.152. The van der Waals surface area contributed by atoms with Crippen LogP contribution in [0.25, 0.3) is 0 Å². The Kier molecular flexibility index (Phi) is 6.28. The Morgan fingerprint density at radius 2 is 1.96 bits per heavy atom. The lowest BCUT2D eigenvalue weighted by Crippen LogP contribution is -2.37. The maximum absolute atomic E-state index is 14.1. The van der Waals surface area contributed by atoms with Crippen LogP contribution in [0.1, 0.15) is 18.9 Å². The predicted octanol–water partition coefficient (Wildman–Crippen LogP) is 2.12. The highest BCUT2D eigenvalue weighted by Crippen LogP contribution is 2.19. The second kappa shape index (κ2) is 8.42. The molecule has 0 N–H and O–H groups in total. The molecule has 130 valence electrons. The minimum Gasteiger partial charge on any atom is -0.465 e. The van der Waals surface area contributed by atoms with Crippen molar-refractivity contribution in [2.75, 3.05) is 19.7 Å². The number of Topliss-reactive ketones (excluding diaryl/α,β-unsaturated/α-hetero) is 1. The lowest BCUT2D eigenvalue weighted by Gasteiger charge is -2.20. The van der Waals surface area contributed by atoms with Crippen molar-refractivity contribution in [3.05, 3.63) is 35.9 Å². The van der Waals surface area contributed by atoms with Gasteiger partial charge in [-0.2, -0.15) is 0 Å². The first-order chi connectivity index (χ1) is 11.5. The summed E-state index contributed by atoms with van der Waals surface area (Å²) in [4.78, 5) is 36.9. The van der Waals surface area contributed by atoms with Gasteiger partial charge in [-0.1, -0.05) is 30.3 Å². The normalized spacial score (nSPS) is 21.1. The summed E-state index contributed by atoms with van der Waals surface area (Å²) in [6.07, 6.45) is -2.61. The lowest BCUT2D eigenvalue weighted by atomic mass is 9.98. The van der Waals surface area contributed by atoms with Crippen molar-refractivity contribution >= 4 is 17.8 Å². The van der Waals surface area contributed by atoms with E-state index in [0.717, 1.165) is 10.5 Å². The molecular weight excluding hydrogens is 317 g/mol. The summed E-state index contributed by atoms with van der Waals surface area (Å²) in [7, 11) is 0. The largest absolute Gasteiger partial charge is 0.465 e. The van der Waals surface area contributed by atoms with Crippen LogP contribution in [0.15, 0.2) is 30.3 Å². The van der Waals surface area contributed by atoms with Gasteiger partial charge in [-0.25, -0.2) is 9.18 Å². The molecule has 1 aliphatic heterocycles. The van der Waals surface area contributed by atoms with Crippen molar-refractivity contribution in [1.82, 2.24) is 4.90 Å². The zero-order valence-electron chi connectivity index (χ0n) is 13.4. The number of nitrogens with zero attached hydrogens (tertiary/aromatic N) is 1. The van der Waals surface area contributed by atoms with Crippen LogP contribution in [0.3, 0.4) is 0 Å². The van der Waals surface area contributed by atoms with Crippen LogP contribution in [0.5, 0.6) is 0 Å². The molecule has 1 fully saturated rings. The van der Waals surface area contributed by atoms with E-state index in [1.807, 2.05) is 18.2 Å². The highest BCUT2D eigenvalue weighted by Gasteiger charge is 2.39. The fourth-order valence-electron chi connectivity index (χ4n) is 2.47. The average molecular weight is 337 g/mol. The van der Waals surface area contributed by atoms with Crippen LogP contribution in [0.4, 0.5) is 9.18 Å². The van der Waals surface area contributed by atoms with Crippen molar-refractivity contribution in [3.63, 3.8) is 0 Å². The number of hydrogen-bond acceptors (Lipinski definition) is 5. The van der Waals surface area contributed by atoms with Gasteiger partial charge < -0.3 is 14.4 Å². The first-order valence-electron chi connectivity index (χ1n) is 7.83. The Balaban J connectivity index is 1.95. The van der Waals surface area contributed by atoms with Crippen LogP contribution in [0.2, 0.25) is 0 Å². The summed E-state index contributed by atoms with van der Waals surface area (Å²) in [5, 5.41) is 0. The van der Waals surface area contributed by atoms with Gasteiger partial charge in [-0.3, -0.25) is 9.59 Å². The first kappa shape index (κ1) is 17.9. The number of ketones is 1. The molecule has 7 heteroatoms. The number of ether oxygens (including phenoxy) is 2. The second-order valence-electron chi connectivity index (χ2n) is 5.45. The number of halogens is 1. The molecule has 2 unspecified atom stereocenters. The molecule has 2 atom stereocenters. The van der Waals surface area contributed by atoms with E-state index in [2.05, 4.69) is 0 Å². The van der Waals surface area contributed by atoms with Gasteiger partial charge in [0, 0.05) is 6.54 Å². The van der Waals surface area contributed by atoms with Gasteiger partial charge in [0.05, 0.1) is 13.2 Å². The van der Waals surface area contributed by atoms with E-state index in [1.165, 1.54) is 0 Å². The van der Waals surface area contributed by atoms with Crippen molar-refractivity contribution in [2.45, 2.75) is 26.1 Å². The molecule has 0 aromatic heterocycles. The average Bonchev–Trinajstić information content (AvgIpc) is 2.73. The number of carbonyl (C=O) groups is 3. The maximum atomic E-state index is 14.1. The maximum Gasteiger partial charge on any atom is 0.410 e. The summed E-state index contributed by atoms with van der Waals surface area (Å²) < 4.78 is 24.0. The Labute approximate surface area is 139 Å². The van der Waals surface area contributed by atoms with Crippen LogP contribution in [-0.2, 0) is 25.7 Å². The molecule has 1 aliphatic rings. The van der Waals surface area contributed by atoms with Gasteiger partial charge in [-0.05, 0) is 18.9 Å². The molecule has 2 rings (SSSR count). The van der Waals surface area contributed by atoms with E-state index in [-0.39, 0.29) is 26.2 Å². The molecule has 1 aromatic rings. The smallest absolute Gasteiger partial charge is 0.410 e. The Morgan fingerprint density at radius 3 is 2.62 bits per heavy atom. The molecule has 6 nitrogen and oxygen atoms in total. The van der Waals surface area contributed by atoms with E-state index in [1.54, 1.807) is 19.1 Å². The molecular formula is C17H20FNO5. The van der Waals surface area contributed by atoms with Crippen molar-refractivity contribution in [3.8, 4) is 0 Å². The van der Waals surface area contributed by atoms with Gasteiger partial charge in [0.2, 0.25) is 0 Å². The Bertz CT molecular complexity index is 592. The fourth-order valence-corrected chi connectivity index (χ4v) is 2.47. The summed E-state index contributed by atoms with van der Waals surface area (Å²) in [5.41, 5.74) is 0.804. The molecule has 1 amide bonds. The Hall–Kier alpha value is -2.44. The minimum atomic E-state index is -1.92. The summed E-state index contributed by atoms with van der Waals surface area (Å²) in [6.45, 7) is 1.43. The van der Waals surface area contributed by atoms with Crippen LogP contribution in [0, 0.1) is 5.92 Å². The molecule has 24 heavy (non-hydrogen) atoms. The predicted molar refractivity (Wildman–Crippen MR) is 82.8 cm³/mol. The SMILES string of the molecule is CCOC(=O)C1CCN(C(=O)OCc2ccccc2)CC(F)C1=O. The summed E-state index contributed by atoms with van der Waals surface area (Å²) in [6, 6.07) is 9.07. The van der Waals surface area contributed by atoms with Crippen molar-refractivity contribution in [2.24, 2.45) is 5.92 Å². The van der Waals surface area contributed by atoms with E-state index in [0.29, 0.717) is 0 Å². The number of likely N-dealkylation sites (tertiary alicyclic amines) is 1. The first-order valence-corrected chi connectivity index (χ1v) is 7.83. The minimum absolute atomic E-state index is 0.0263.